The van der Waals surface area contributed by atoms with Crippen molar-refractivity contribution in [2.45, 2.75) is 20.4 Å². The van der Waals surface area contributed by atoms with E-state index in [9.17, 15) is 9.59 Å². The van der Waals surface area contributed by atoms with Crippen LogP contribution >= 0.6 is 11.6 Å². The zero-order valence-electron chi connectivity index (χ0n) is 16.8. The van der Waals surface area contributed by atoms with Crippen molar-refractivity contribution in [3.8, 4) is 5.75 Å². The third-order valence-electron chi connectivity index (χ3n) is 4.84. The van der Waals surface area contributed by atoms with Gasteiger partial charge in [0.15, 0.2) is 6.61 Å². The predicted molar refractivity (Wildman–Crippen MR) is 114 cm³/mol. The quantitative estimate of drug-likeness (QED) is 0.786. The summed E-state index contributed by atoms with van der Waals surface area (Å²) in [5.74, 6) is 0.281. The number of carbonyl (C=O) groups excluding carboxylic acids is 2. The maximum atomic E-state index is 12.6. The van der Waals surface area contributed by atoms with Crippen LogP contribution in [0.25, 0.3) is 0 Å². The number of ether oxygens (including phenoxy) is 1. The molecule has 1 aliphatic heterocycles. The number of carbonyl (C=O) groups is 2. The van der Waals surface area contributed by atoms with E-state index in [0.29, 0.717) is 24.5 Å². The van der Waals surface area contributed by atoms with Crippen molar-refractivity contribution in [2.24, 2.45) is 0 Å². The van der Waals surface area contributed by atoms with E-state index >= 15 is 0 Å². The monoisotopic (exact) mass is 415 g/mol. The molecule has 1 N–H and O–H groups in total. The van der Waals surface area contributed by atoms with Crippen molar-refractivity contribution in [1.82, 2.24) is 9.80 Å². The summed E-state index contributed by atoms with van der Waals surface area (Å²) in [6.45, 7) is 7.15. The van der Waals surface area contributed by atoms with Gasteiger partial charge < -0.3 is 15.0 Å². The lowest BCUT2D eigenvalue weighted by atomic mass is 10.2. The number of piperazine rings is 1. The van der Waals surface area contributed by atoms with Gasteiger partial charge in [-0.1, -0.05) is 29.8 Å². The summed E-state index contributed by atoms with van der Waals surface area (Å²) in [6, 6.07) is 13.3. The number of aryl methyl sites for hydroxylation is 1. The highest BCUT2D eigenvalue weighted by Gasteiger charge is 2.22. The molecule has 1 heterocycles. The van der Waals surface area contributed by atoms with Gasteiger partial charge in [-0.2, -0.15) is 0 Å². The van der Waals surface area contributed by atoms with E-state index in [-0.39, 0.29) is 18.4 Å². The van der Waals surface area contributed by atoms with Gasteiger partial charge in [-0.25, -0.2) is 0 Å². The highest BCUT2D eigenvalue weighted by atomic mass is 35.5. The van der Waals surface area contributed by atoms with Crippen LogP contribution in [0.4, 0.5) is 5.69 Å². The number of hydrogen-bond donors (Lipinski definition) is 1. The number of halogens is 1. The molecule has 154 valence electrons. The van der Waals surface area contributed by atoms with E-state index in [1.165, 1.54) is 12.5 Å². The lowest BCUT2D eigenvalue weighted by Crippen LogP contribution is -2.49. The first-order valence-electron chi connectivity index (χ1n) is 9.66. The third kappa shape index (κ3) is 6.21. The normalized spacial score (nSPS) is 14.5. The van der Waals surface area contributed by atoms with Gasteiger partial charge in [0.25, 0.3) is 5.91 Å². The summed E-state index contributed by atoms with van der Waals surface area (Å²) >= 11 is 5.94. The first kappa shape index (κ1) is 21.1. The Hall–Kier alpha value is -2.57. The maximum Gasteiger partial charge on any atom is 0.260 e. The second-order valence-corrected chi connectivity index (χ2v) is 7.69. The van der Waals surface area contributed by atoms with E-state index in [2.05, 4.69) is 10.2 Å². The van der Waals surface area contributed by atoms with E-state index in [1.807, 2.05) is 48.2 Å². The largest absolute Gasteiger partial charge is 0.482 e. The Morgan fingerprint density at radius 1 is 1.07 bits per heavy atom. The standard InChI is InChI=1S/C22H26ClN3O3/c1-16-3-8-20(24-17(2)27)21(13-16)29-15-22(28)26-11-9-25(10-12-26)14-18-4-6-19(23)7-5-18/h3-8,13H,9-12,14-15H2,1-2H3,(H,24,27). The van der Waals surface area contributed by atoms with E-state index < -0.39 is 0 Å². The summed E-state index contributed by atoms with van der Waals surface area (Å²) < 4.78 is 5.74. The van der Waals surface area contributed by atoms with Crippen LogP contribution in [-0.4, -0.2) is 54.4 Å². The molecule has 0 bridgehead atoms. The molecular weight excluding hydrogens is 390 g/mol. The summed E-state index contributed by atoms with van der Waals surface area (Å²) in [5, 5.41) is 3.47. The van der Waals surface area contributed by atoms with Gasteiger partial charge in [0.05, 0.1) is 5.69 Å². The molecule has 1 fully saturated rings. The second kappa shape index (κ2) is 9.76. The fraction of sp³-hybridized carbons (Fsp3) is 0.364. The molecule has 0 aromatic heterocycles. The van der Waals surface area contributed by atoms with Crippen LogP contribution in [0.15, 0.2) is 42.5 Å². The highest BCUT2D eigenvalue weighted by Crippen LogP contribution is 2.26. The summed E-state index contributed by atoms with van der Waals surface area (Å²) in [7, 11) is 0. The SMILES string of the molecule is CC(=O)Nc1ccc(C)cc1OCC(=O)N1CCN(Cc2ccc(Cl)cc2)CC1. The summed E-state index contributed by atoms with van der Waals surface area (Å²) in [6.07, 6.45) is 0. The minimum absolute atomic E-state index is 0.0484. The molecular formula is C22H26ClN3O3. The van der Waals surface area contributed by atoms with Gasteiger partial charge >= 0.3 is 0 Å². The molecule has 2 aromatic rings. The van der Waals surface area contributed by atoms with E-state index in [1.54, 1.807) is 6.07 Å². The highest BCUT2D eigenvalue weighted by molar-refractivity contribution is 6.30. The smallest absolute Gasteiger partial charge is 0.260 e. The first-order valence-corrected chi connectivity index (χ1v) is 10.0. The number of nitrogens with one attached hydrogen (secondary N) is 1. The first-order chi connectivity index (χ1) is 13.9. The predicted octanol–water partition coefficient (Wildman–Crippen LogP) is 3.33. The molecule has 0 aliphatic carbocycles. The van der Waals surface area contributed by atoms with Crippen LogP contribution < -0.4 is 10.1 Å². The Balaban J connectivity index is 1.49. The van der Waals surface area contributed by atoms with Crippen molar-refractivity contribution in [2.75, 3.05) is 38.1 Å². The second-order valence-electron chi connectivity index (χ2n) is 7.25. The Morgan fingerprint density at radius 2 is 1.76 bits per heavy atom. The number of amides is 2. The van der Waals surface area contributed by atoms with Crippen LogP contribution in [0.5, 0.6) is 5.75 Å². The minimum atomic E-state index is -0.179. The number of nitrogens with zero attached hydrogens (tertiary/aromatic N) is 2. The zero-order chi connectivity index (χ0) is 20.8. The topological polar surface area (TPSA) is 61.9 Å². The van der Waals surface area contributed by atoms with Crippen molar-refractivity contribution in [1.29, 1.82) is 0 Å². The number of benzene rings is 2. The minimum Gasteiger partial charge on any atom is -0.482 e. The van der Waals surface area contributed by atoms with Gasteiger partial charge in [0.2, 0.25) is 5.91 Å². The molecule has 0 unspecified atom stereocenters. The van der Waals surface area contributed by atoms with Crippen LogP contribution in [0.3, 0.4) is 0 Å². The molecule has 1 saturated heterocycles. The van der Waals surface area contributed by atoms with Crippen LogP contribution in [0.1, 0.15) is 18.1 Å². The molecule has 3 rings (SSSR count). The van der Waals surface area contributed by atoms with Crippen LogP contribution in [0.2, 0.25) is 5.02 Å². The van der Waals surface area contributed by atoms with Gasteiger partial charge in [-0.3, -0.25) is 14.5 Å². The zero-order valence-corrected chi connectivity index (χ0v) is 17.5. The lowest BCUT2D eigenvalue weighted by Gasteiger charge is -2.34. The average molecular weight is 416 g/mol. The van der Waals surface area contributed by atoms with Gasteiger partial charge in [-0.15, -0.1) is 0 Å². The Bertz CT molecular complexity index is 862. The molecule has 1 aliphatic rings. The molecule has 0 radical (unpaired) electrons. The van der Waals surface area contributed by atoms with Crippen molar-refractivity contribution in [3.63, 3.8) is 0 Å². The Kier molecular flexibility index (Phi) is 7.12. The van der Waals surface area contributed by atoms with Crippen molar-refractivity contribution in [3.05, 3.63) is 58.6 Å². The molecule has 2 amide bonds. The van der Waals surface area contributed by atoms with Gasteiger partial charge in [0.1, 0.15) is 5.75 Å². The van der Waals surface area contributed by atoms with Gasteiger partial charge in [0, 0.05) is 44.7 Å². The Labute approximate surface area is 176 Å². The molecule has 0 atom stereocenters. The third-order valence-corrected chi connectivity index (χ3v) is 5.10. The van der Waals surface area contributed by atoms with E-state index in [0.717, 1.165) is 30.2 Å². The van der Waals surface area contributed by atoms with Crippen molar-refractivity contribution >= 4 is 29.1 Å². The molecule has 0 spiro atoms. The number of rotatable bonds is 6. The fourth-order valence-corrected chi connectivity index (χ4v) is 3.40. The fourth-order valence-electron chi connectivity index (χ4n) is 3.28. The van der Waals surface area contributed by atoms with Crippen LogP contribution in [0, 0.1) is 6.92 Å². The Morgan fingerprint density at radius 3 is 2.41 bits per heavy atom. The van der Waals surface area contributed by atoms with Crippen molar-refractivity contribution < 1.29 is 14.3 Å². The molecule has 7 heteroatoms. The maximum absolute atomic E-state index is 12.6. The summed E-state index contributed by atoms with van der Waals surface area (Å²) in [4.78, 5) is 28.1. The lowest BCUT2D eigenvalue weighted by molar-refractivity contribution is -0.135. The van der Waals surface area contributed by atoms with E-state index in [4.69, 9.17) is 16.3 Å². The molecule has 0 saturated carbocycles. The number of hydrogen-bond acceptors (Lipinski definition) is 4. The molecule has 29 heavy (non-hydrogen) atoms. The average Bonchev–Trinajstić information content (AvgIpc) is 2.70. The molecule has 6 nitrogen and oxygen atoms in total. The van der Waals surface area contributed by atoms with Crippen LogP contribution in [-0.2, 0) is 16.1 Å². The summed E-state index contributed by atoms with van der Waals surface area (Å²) in [5.41, 5.74) is 2.78. The van der Waals surface area contributed by atoms with Gasteiger partial charge in [-0.05, 0) is 42.3 Å². The molecule has 2 aromatic carbocycles. The number of anilines is 1.